The summed E-state index contributed by atoms with van der Waals surface area (Å²) >= 11 is 0. The molecule has 110 valence electrons. The zero-order valence-electron chi connectivity index (χ0n) is 11.6. The lowest BCUT2D eigenvalue weighted by atomic mass is 9.90. The summed E-state index contributed by atoms with van der Waals surface area (Å²) in [5.74, 6) is -1.24. The average Bonchev–Trinajstić information content (AvgIpc) is 2.50. The van der Waals surface area contributed by atoms with Gasteiger partial charge in [-0.15, -0.1) is 0 Å². The van der Waals surface area contributed by atoms with Crippen molar-refractivity contribution in [3.05, 3.63) is 23.3 Å². The predicted molar refractivity (Wildman–Crippen MR) is 72.2 cm³/mol. The first-order valence-corrected chi connectivity index (χ1v) is 7.52. The molecule has 0 unspecified atom stereocenters. The SMILES string of the molecule is Fc1c(OCC2CCCCC2)cc2c(c1F)OCCC2. The van der Waals surface area contributed by atoms with Gasteiger partial charge < -0.3 is 9.47 Å². The van der Waals surface area contributed by atoms with Gasteiger partial charge in [0, 0.05) is 5.56 Å². The minimum absolute atomic E-state index is 0.0392. The van der Waals surface area contributed by atoms with Gasteiger partial charge >= 0.3 is 0 Å². The number of halogens is 2. The largest absolute Gasteiger partial charge is 0.490 e. The van der Waals surface area contributed by atoms with E-state index in [0.29, 0.717) is 31.1 Å². The van der Waals surface area contributed by atoms with Crippen molar-refractivity contribution in [2.24, 2.45) is 5.92 Å². The summed E-state index contributed by atoms with van der Waals surface area (Å²) in [6.45, 7) is 0.932. The van der Waals surface area contributed by atoms with E-state index in [0.717, 1.165) is 19.3 Å². The molecule has 1 aliphatic heterocycles. The molecule has 1 saturated carbocycles. The molecule has 0 bridgehead atoms. The molecule has 1 aromatic rings. The van der Waals surface area contributed by atoms with Crippen LogP contribution in [0.15, 0.2) is 6.07 Å². The molecule has 1 heterocycles. The van der Waals surface area contributed by atoms with Crippen molar-refractivity contribution in [2.45, 2.75) is 44.9 Å². The molecule has 0 amide bonds. The van der Waals surface area contributed by atoms with Crippen LogP contribution in [0.25, 0.3) is 0 Å². The monoisotopic (exact) mass is 282 g/mol. The lowest BCUT2D eigenvalue weighted by molar-refractivity contribution is 0.197. The van der Waals surface area contributed by atoms with Crippen molar-refractivity contribution in [2.75, 3.05) is 13.2 Å². The smallest absolute Gasteiger partial charge is 0.204 e. The Balaban J connectivity index is 1.73. The van der Waals surface area contributed by atoms with Crippen molar-refractivity contribution >= 4 is 0 Å². The summed E-state index contributed by atoms with van der Waals surface area (Å²) in [6.07, 6.45) is 7.49. The van der Waals surface area contributed by atoms with Crippen LogP contribution >= 0.6 is 0 Å². The normalized spacial score (nSPS) is 19.3. The van der Waals surface area contributed by atoms with E-state index in [1.807, 2.05) is 0 Å². The third-order valence-corrected chi connectivity index (χ3v) is 4.24. The standard InChI is InChI=1S/C16H20F2O2/c17-14-13(20-10-11-5-2-1-3-6-11)9-12-7-4-8-19-16(12)15(14)18/h9,11H,1-8,10H2. The van der Waals surface area contributed by atoms with Crippen molar-refractivity contribution in [3.8, 4) is 11.5 Å². The zero-order chi connectivity index (χ0) is 13.9. The lowest BCUT2D eigenvalue weighted by Crippen LogP contribution is -2.17. The van der Waals surface area contributed by atoms with Crippen LogP contribution in [0.4, 0.5) is 8.78 Å². The fourth-order valence-corrected chi connectivity index (χ4v) is 3.08. The molecule has 0 radical (unpaired) electrons. The Morgan fingerprint density at radius 3 is 2.70 bits per heavy atom. The van der Waals surface area contributed by atoms with E-state index in [4.69, 9.17) is 9.47 Å². The fraction of sp³-hybridized carbons (Fsp3) is 0.625. The number of hydrogen-bond acceptors (Lipinski definition) is 2. The first-order chi connectivity index (χ1) is 9.75. The van der Waals surface area contributed by atoms with E-state index in [-0.39, 0.29) is 11.5 Å². The molecule has 2 nitrogen and oxygen atoms in total. The van der Waals surface area contributed by atoms with Gasteiger partial charge in [-0.25, -0.2) is 0 Å². The fourth-order valence-electron chi connectivity index (χ4n) is 3.08. The second-order valence-corrected chi connectivity index (χ2v) is 5.76. The van der Waals surface area contributed by atoms with Gasteiger partial charge in [0.2, 0.25) is 11.6 Å². The highest BCUT2D eigenvalue weighted by atomic mass is 19.2. The maximum Gasteiger partial charge on any atom is 0.204 e. The Hall–Kier alpha value is -1.32. The molecule has 3 rings (SSSR count). The summed E-state index contributed by atoms with van der Waals surface area (Å²) < 4.78 is 38.7. The van der Waals surface area contributed by atoms with Gasteiger partial charge in [-0.05, 0) is 37.7 Å². The summed E-state index contributed by atoms with van der Waals surface area (Å²) in [7, 11) is 0. The highest BCUT2D eigenvalue weighted by Gasteiger charge is 2.24. The van der Waals surface area contributed by atoms with Gasteiger partial charge in [0.1, 0.15) is 0 Å². The van der Waals surface area contributed by atoms with Crippen molar-refractivity contribution < 1.29 is 18.3 Å². The quantitative estimate of drug-likeness (QED) is 0.825. The number of hydrogen-bond donors (Lipinski definition) is 0. The summed E-state index contributed by atoms with van der Waals surface area (Å²) in [6, 6.07) is 1.61. The number of fused-ring (bicyclic) bond motifs is 1. The van der Waals surface area contributed by atoms with E-state index in [2.05, 4.69) is 0 Å². The van der Waals surface area contributed by atoms with Crippen LogP contribution < -0.4 is 9.47 Å². The van der Waals surface area contributed by atoms with E-state index < -0.39 is 11.6 Å². The Bertz CT molecular complexity index is 482. The van der Waals surface area contributed by atoms with Crippen molar-refractivity contribution in [1.29, 1.82) is 0 Å². The Morgan fingerprint density at radius 1 is 1.10 bits per heavy atom. The van der Waals surface area contributed by atoms with Crippen LogP contribution in [0.3, 0.4) is 0 Å². The Morgan fingerprint density at radius 2 is 1.90 bits per heavy atom. The maximum atomic E-state index is 14.0. The van der Waals surface area contributed by atoms with Crippen LogP contribution in [0.1, 0.15) is 44.1 Å². The maximum absolute atomic E-state index is 14.0. The van der Waals surface area contributed by atoms with Gasteiger partial charge in [-0.2, -0.15) is 8.78 Å². The topological polar surface area (TPSA) is 18.5 Å². The molecule has 0 saturated heterocycles. The molecular weight excluding hydrogens is 262 g/mol. The summed E-state index contributed by atoms with van der Waals surface area (Å²) in [5, 5.41) is 0. The predicted octanol–water partition coefficient (Wildman–Crippen LogP) is 4.25. The molecule has 0 N–H and O–H groups in total. The highest BCUT2D eigenvalue weighted by molar-refractivity contribution is 5.44. The molecule has 0 spiro atoms. The van der Waals surface area contributed by atoms with E-state index in [1.54, 1.807) is 6.07 Å². The van der Waals surface area contributed by atoms with E-state index in [1.165, 1.54) is 19.3 Å². The molecule has 1 fully saturated rings. The van der Waals surface area contributed by atoms with Gasteiger partial charge in [0.25, 0.3) is 0 Å². The third-order valence-electron chi connectivity index (χ3n) is 4.24. The van der Waals surface area contributed by atoms with Gasteiger partial charge in [0.15, 0.2) is 11.5 Å². The molecular formula is C16H20F2O2. The van der Waals surface area contributed by atoms with Crippen LogP contribution in [0.5, 0.6) is 11.5 Å². The first-order valence-electron chi connectivity index (χ1n) is 7.52. The first kappa shape index (κ1) is 13.7. The van der Waals surface area contributed by atoms with E-state index in [9.17, 15) is 8.78 Å². The number of aryl methyl sites for hydroxylation is 1. The minimum atomic E-state index is -0.915. The van der Waals surface area contributed by atoms with Crippen LogP contribution in [-0.2, 0) is 6.42 Å². The molecule has 20 heavy (non-hydrogen) atoms. The Kier molecular flexibility index (Phi) is 4.08. The van der Waals surface area contributed by atoms with Crippen LogP contribution in [-0.4, -0.2) is 13.2 Å². The third kappa shape index (κ3) is 2.74. The van der Waals surface area contributed by atoms with Crippen molar-refractivity contribution in [3.63, 3.8) is 0 Å². The molecule has 1 aliphatic carbocycles. The van der Waals surface area contributed by atoms with Crippen LogP contribution in [0, 0.1) is 17.6 Å². The minimum Gasteiger partial charge on any atom is -0.490 e. The lowest BCUT2D eigenvalue weighted by Gasteiger charge is -2.23. The molecule has 0 atom stereocenters. The number of ether oxygens (including phenoxy) is 2. The zero-order valence-corrected chi connectivity index (χ0v) is 11.6. The molecule has 0 aromatic heterocycles. The molecule has 4 heteroatoms. The van der Waals surface area contributed by atoms with Crippen molar-refractivity contribution in [1.82, 2.24) is 0 Å². The van der Waals surface area contributed by atoms with Gasteiger partial charge in [0.05, 0.1) is 13.2 Å². The number of benzene rings is 1. The summed E-state index contributed by atoms with van der Waals surface area (Å²) in [5.41, 5.74) is 0.716. The second kappa shape index (κ2) is 5.98. The van der Waals surface area contributed by atoms with Gasteiger partial charge in [-0.1, -0.05) is 19.3 Å². The highest BCUT2D eigenvalue weighted by Crippen LogP contribution is 2.35. The number of rotatable bonds is 3. The average molecular weight is 282 g/mol. The second-order valence-electron chi connectivity index (χ2n) is 5.76. The van der Waals surface area contributed by atoms with Gasteiger partial charge in [-0.3, -0.25) is 0 Å². The summed E-state index contributed by atoms with van der Waals surface area (Å²) in [4.78, 5) is 0. The van der Waals surface area contributed by atoms with E-state index >= 15 is 0 Å². The molecule has 2 aliphatic rings. The van der Waals surface area contributed by atoms with Crippen LogP contribution in [0.2, 0.25) is 0 Å². The Labute approximate surface area is 118 Å². The molecule has 1 aromatic carbocycles.